The second-order valence-corrected chi connectivity index (χ2v) is 3.39. The summed E-state index contributed by atoms with van der Waals surface area (Å²) in [5.41, 5.74) is -0.976. The molecule has 1 amide bonds. The van der Waals surface area contributed by atoms with Gasteiger partial charge in [-0.1, -0.05) is 18.2 Å². The molecule has 0 saturated heterocycles. The number of carbonyl (C=O) groups is 2. The van der Waals surface area contributed by atoms with Crippen molar-refractivity contribution in [3.8, 4) is 6.07 Å². The van der Waals surface area contributed by atoms with Crippen LogP contribution in [0.4, 0.5) is 5.69 Å². The van der Waals surface area contributed by atoms with Crippen LogP contribution < -0.4 is 5.32 Å². The highest BCUT2D eigenvalue weighted by Crippen LogP contribution is 2.38. The minimum atomic E-state index is -1.84. The van der Waals surface area contributed by atoms with Gasteiger partial charge in [0.1, 0.15) is 6.07 Å². The quantitative estimate of drug-likeness (QED) is 0.708. The van der Waals surface area contributed by atoms with E-state index in [9.17, 15) is 9.59 Å². The third-order valence-electron chi connectivity index (χ3n) is 2.33. The zero-order valence-electron chi connectivity index (χ0n) is 8.48. The van der Waals surface area contributed by atoms with E-state index in [1.807, 2.05) is 0 Å². The second-order valence-electron chi connectivity index (χ2n) is 3.39. The van der Waals surface area contributed by atoms with Gasteiger partial charge in [-0.15, -0.1) is 0 Å². The van der Waals surface area contributed by atoms with Crippen LogP contribution in [0.3, 0.4) is 0 Å². The summed E-state index contributed by atoms with van der Waals surface area (Å²) in [7, 11) is 0. The average Bonchev–Trinajstić information content (AvgIpc) is 2.52. The van der Waals surface area contributed by atoms with Crippen LogP contribution in [0.5, 0.6) is 0 Å². The van der Waals surface area contributed by atoms with Crippen LogP contribution in [-0.2, 0) is 19.9 Å². The molecule has 16 heavy (non-hydrogen) atoms. The lowest BCUT2D eigenvalue weighted by atomic mass is 9.97. The number of hydrogen-bond acceptors (Lipinski definition) is 4. The number of para-hydroxylation sites is 1. The lowest BCUT2D eigenvalue weighted by Gasteiger charge is -2.18. The zero-order chi connectivity index (χ0) is 11.8. The standard InChI is InChI=1S/C11H8N2O3/c1-7(14)16-11(6-12)8-4-2-3-5-9(8)13-10(11)15/h2-5H,1H3,(H,13,15). The number of esters is 1. The molecule has 1 unspecified atom stereocenters. The molecule has 1 aliphatic rings. The van der Waals surface area contributed by atoms with Crippen molar-refractivity contribution in [2.24, 2.45) is 0 Å². The predicted octanol–water partition coefficient (Wildman–Crippen LogP) is 0.921. The Morgan fingerprint density at radius 3 is 2.81 bits per heavy atom. The number of rotatable bonds is 1. The Labute approximate surface area is 91.6 Å². The molecule has 0 bridgehead atoms. The summed E-state index contributed by atoms with van der Waals surface area (Å²) < 4.78 is 4.87. The Morgan fingerprint density at radius 2 is 2.19 bits per heavy atom. The summed E-state index contributed by atoms with van der Waals surface area (Å²) in [5.74, 6) is -1.31. The second kappa shape index (κ2) is 3.35. The van der Waals surface area contributed by atoms with Gasteiger partial charge < -0.3 is 10.1 Å². The van der Waals surface area contributed by atoms with E-state index in [4.69, 9.17) is 10.00 Å². The van der Waals surface area contributed by atoms with Crippen molar-refractivity contribution in [1.82, 2.24) is 0 Å². The van der Waals surface area contributed by atoms with Gasteiger partial charge in [0, 0.05) is 18.2 Å². The molecule has 0 radical (unpaired) electrons. The molecule has 1 aromatic rings. The van der Waals surface area contributed by atoms with Crippen LogP contribution in [0.25, 0.3) is 0 Å². The Balaban J connectivity index is 2.59. The fraction of sp³-hybridized carbons (Fsp3) is 0.182. The van der Waals surface area contributed by atoms with Gasteiger partial charge >= 0.3 is 11.6 Å². The molecule has 0 aliphatic carbocycles. The fourth-order valence-corrected chi connectivity index (χ4v) is 1.68. The number of nitrogens with one attached hydrogen (secondary N) is 1. The summed E-state index contributed by atoms with van der Waals surface area (Å²) >= 11 is 0. The van der Waals surface area contributed by atoms with Crippen LogP contribution in [0.1, 0.15) is 12.5 Å². The number of benzene rings is 1. The van der Waals surface area contributed by atoms with E-state index >= 15 is 0 Å². The first-order chi connectivity index (χ1) is 7.60. The zero-order valence-corrected chi connectivity index (χ0v) is 8.48. The molecule has 1 atom stereocenters. The molecule has 80 valence electrons. The largest absolute Gasteiger partial charge is 0.430 e. The van der Waals surface area contributed by atoms with Gasteiger partial charge in [0.25, 0.3) is 5.91 Å². The summed E-state index contributed by atoms with van der Waals surface area (Å²) in [6.45, 7) is 1.16. The van der Waals surface area contributed by atoms with Crippen molar-refractivity contribution in [3.05, 3.63) is 29.8 Å². The summed E-state index contributed by atoms with van der Waals surface area (Å²) in [5, 5.41) is 11.6. The normalized spacial score (nSPS) is 21.9. The lowest BCUT2D eigenvalue weighted by molar-refractivity contribution is -0.158. The smallest absolute Gasteiger partial charge is 0.304 e. The highest BCUT2D eigenvalue weighted by atomic mass is 16.6. The van der Waals surface area contributed by atoms with Gasteiger partial charge in [-0.2, -0.15) is 5.26 Å². The van der Waals surface area contributed by atoms with Crippen molar-refractivity contribution >= 4 is 17.6 Å². The van der Waals surface area contributed by atoms with E-state index in [1.165, 1.54) is 0 Å². The highest BCUT2D eigenvalue weighted by molar-refractivity contribution is 6.08. The topological polar surface area (TPSA) is 79.2 Å². The van der Waals surface area contributed by atoms with Crippen molar-refractivity contribution in [2.75, 3.05) is 5.32 Å². The predicted molar refractivity (Wildman–Crippen MR) is 54.1 cm³/mol. The van der Waals surface area contributed by atoms with E-state index in [0.29, 0.717) is 11.3 Å². The van der Waals surface area contributed by atoms with E-state index < -0.39 is 17.5 Å². The van der Waals surface area contributed by atoms with Gasteiger partial charge in [0.15, 0.2) is 0 Å². The molecular formula is C11H8N2O3. The molecule has 0 saturated carbocycles. The van der Waals surface area contributed by atoms with Gasteiger partial charge in [0.05, 0.1) is 0 Å². The fourth-order valence-electron chi connectivity index (χ4n) is 1.68. The first-order valence-corrected chi connectivity index (χ1v) is 4.62. The van der Waals surface area contributed by atoms with E-state index in [1.54, 1.807) is 30.3 Å². The van der Waals surface area contributed by atoms with Crippen molar-refractivity contribution < 1.29 is 14.3 Å². The van der Waals surface area contributed by atoms with Crippen molar-refractivity contribution in [3.63, 3.8) is 0 Å². The van der Waals surface area contributed by atoms with Gasteiger partial charge in [-0.05, 0) is 6.07 Å². The molecule has 1 aliphatic heterocycles. The van der Waals surface area contributed by atoms with Gasteiger partial charge in [0.2, 0.25) is 0 Å². The molecule has 1 N–H and O–H groups in total. The Hall–Kier alpha value is -2.35. The van der Waals surface area contributed by atoms with E-state index in [-0.39, 0.29) is 0 Å². The van der Waals surface area contributed by atoms with Crippen LogP contribution in [0.2, 0.25) is 0 Å². The maximum atomic E-state index is 11.7. The van der Waals surface area contributed by atoms with Crippen LogP contribution >= 0.6 is 0 Å². The first kappa shape index (κ1) is 10.2. The number of nitriles is 1. The monoisotopic (exact) mass is 216 g/mol. The minimum absolute atomic E-state index is 0.373. The molecular weight excluding hydrogens is 208 g/mol. The summed E-state index contributed by atoms with van der Waals surface area (Å²) in [6, 6.07) is 8.39. The number of carbonyl (C=O) groups excluding carboxylic acids is 2. The van der Waals surface area contributed by atoms with Gasteiger partial charge in [-0.25, -0.2) is 0 Å². The van der Waals surface area contributed by atoms with Crippen molar-refractivity contribution in [1.29, 1.82) is 5.26 Å². The number of nitrogens with zero attached hydrogens (tertiary/aromatic N) is 1. The van der Waals surface area contributed by atoms with E-state index in [2.05, 4.69) is 5.32 Å². The van der Waals surface area contributed by atoms with Crippen LogP contribution in [-0.4, -0.2) is 11.9 Å². The summed E-state index contributed by atoms with van der Waals surface area (Å²) in [4.78, 5) is 22.7. The SMILES string of the molecule is CC(=O)OC1(C#N)C(=O)Nc2ccccc21. The molecule has 2 rings (SSSR count). The molecule has 1 heterocycles. The number of anilines is 1. The maximum absolute atomic E-state index is 11.7. The molecule has 5 nitrogen and oxygen atoms in total. The maximum Gasteiger partial charge on any atom is 0.304 e. The molecule has 1 aromatic carbocycles. The summed E-state index contributed by atoms with van der Waals surface area (Å²) in [6.07, 6.45) is 0. The molecule has 0 aromatic heterocycles. The van der Waals surface area contributed by atoms with Crippen LogP contribution in [0.15, 0.2) is 24.3 Å². The Bertz CT molecular complexity index is 518. The number of hydrogen-bond donors (Lipinski definition) is 1. The number of ether oxygens (including phenoxy) is 1. The number of fused-ring (bicyclic) bond motifs is 1. The first-order valence-electron chi connectivity index (χ1n) is 4.62. The van der Waals surface area contributed by atoms with Gasteiger partial charge in [-0.3, -0.25) is 9.59 Å². The van der Waals surface area contributed by atoms with Crippen LogP contribution in [0, 0.1) is 11.3 Å². The Kier molecular flexibility index (Phi) is 2.13. The van der Waals surface area contributed by atoms with E-state index in [0.717, 1.165) is 6.92 Å². The van der Waals surface area contributed by atoms with Crippen molar-refractivity contribution in [2.45, 2.75) is 12.5 Å². The number of amides is 1. The molecule has 0 spiro atoms. The minimum Gasteiger partial charge on any atom is -0.430 e. The molecule has 0 fully saturated rings. The average molecular weight is 216 g/mol. The third kappa shape index (κ3) is 1.24. The Morgan fingerprint density at radius 1 is 1.50 bits per heavy atom. The highest BCUT2D eigenvalue weighted by Gasteiger charge is 2.50. The molecule has 5 heteroatoms. The third-order valence-corrected chi connectivity index (χ3v) is 2.33. The lowest BCUT2D eigenvalue weighted by Crippen LogP contribution is -2.37.